The fraction of sp³-hybridized carbons (Fsp3) is 0.200. The summed E-state index contributed by atoms with van der Waals surface area (Å²) in [5, 5.41) is 0.265. The van der Waals surface area contributed by atoms with Crippen LogP contribution in [0.1, 0.15) is 16.7 Å². The molecule has 2 aromatic carbocycles. The van der Waals surface area contributed by atoms with Gasteiger partial charge >= 0.3 is 0 Å². The summed E-state index contributed by atoms with van der Waals surface area (Å²) >= 11 is 1.16. The Morgan fingerprint density at radius 2 is 1.85 bits per heavy atom. The molecule has 0 fully saturated rings. The number of carbonyl (C=O) groups excluding carboxylic acids is 1. The highest BCUT2D eigenvalue weighted by molar-refractivity contribution is 8.18. The average molecular weight is 368 g/mol. The normalized spacial score (nSPS) is 15.2. The second-order valence-electron chi connectivity index (χ2n) is 5.85. The molecule has 134 valence electrons. The molecule has 0 saturated heterocycles. The van der Waals surface area contributed by atoms with Crippen molar-refractivity contribution in [3.63, 3.8) is 0 Å². The molecule has 0 atom stereocenters. The van der Waals surface area contributed by atoms with Crippen LogP contribution in [0.15, 0.2) is 52.4 Å². The van der Waals surface area contributed by atoms with Crippen LogP contribution in [0.2, 0.25) is 0 Å². The van der Waals surface area contributed by atoms with Crippen molar-refractivity contribution < 1.29 is 14.3 Å². The van der Waals surface area contributed by atoms with Crippen molar-refractivity contribution in [3.8, 4) is 11.5 Å². The van der Waals surface area contributed by atoms with Gasteiger partial charge in [-0.2, -0.15) is 4.99 Å². The Morgan fingerprint density at radius 1 is 1.08 bits per heavy atom. The van der Waals surface area contributed by atoms with Gasteiger partial charge in [0.25, 0.3) is 5.91 Å². The van der Waals surface area contributed by atoms with Gasteiger partial charge in [0, 0.05) is 5.56 Å². The van der Waals surface area contributed by atoms with Crippen LogP contribution in [0, 0.1) is 13.8 Å². The van der Waals surface area contributed by atoms with E-state index >= 15 is 0 Å². The molecule has 0 spiro atoms. The van der Waals surface area contributed by atoms with Crippen molar-refractivity contribution in [2.24, 2.45) is 10.7 Å². The monoisotopic (exact) mass is 368 g/mol. The van der Waals surface area contributed by atoms with Gasteiger partial charge in [-0.1, -0.05) is 24.3 Å². The molecule has 1 amide bonds. The van der Waals surface area contributed by atoms with Crippen LogP contribution >= 0.6 is 11.8 Å². The lowest BCUT2D eigenvalue weighted by atomic mass is 10.1. The van der Waals surface area contributed by atoms with E-state index in [0.717, 1.165) is 23.1 Å². The highest BCUT2D eigenvalue weighted by atomic mass is 32.2. The number of aliphatic imine (C=N–C) groups is 1. The molecule has 1 aliphatic heterocycles. The SMILES string of the molecule is Cc1ccc(OCCOc2ccccc2/C=C2/SC(N)=NC2=O)cc1C. The number of rotatable bonds is 6. The Bertz CT molecular complexity index is 890. The van der Waals surface area contributed by atoms with E-state index in [1.165, 1.54) is 11.1 Å². The molecular formula is C20H20N2O3S. The van der Waals surface area contributed by atoms with Gasteiger partial charge in [-0.25, -0.2) is 0 Å². The zero-order valence-corrected chi connectivity index (χ0v) is 15.5. The average Bonchev–Trinajstić information content (AvgIpc) is 2.93. The molecule has 5 nitrogen and oxygen atoms in total. The lowest BCUT2D eigenvalue weighted by Crippen LogP contribution is -2.09. The van der Waals surface area contributed by atoms with E-state index in [1.54, 1.807) is 6.08 Å². The van der Waals surface area contributed by atoms with Crippen LogP contribution < -0.4 is 15.2 Å². The predicted octanol–water partition coefficient (Wildman–Crippen LogP) is 3.69. The van der Waals surface area contributed by atoms with Crippen molar-refractivity contribution >= 4 is 28.9 Å². The van der Waals surface area contributed by atoms with E-state index in [0.29, 0.717) is 23.9 Å². The molecule has 2 aromatic rings. The lowest BCUT2D eigenvalue weighted by molar-refractivity contribution is -0.113. The molecule has 0 aliphatic carbocycles. The van der Waals surface area contributed by atoms with Crippen LogP contribution in [0.5, 0.6) is 11.5 Å². The largest absolute Gasteiger partial charge is 0.490 e. The number of hydrogen-bond acceptors (Lipinski definition) is 5. The fourth-order valence-corrected chi connectivity index (χ4v) is 3.09. The van der Waals surface area contributed by atoms with Gasteiger partial charge in [0.1, 0.15) is 24.7 Å². The molecule has 1 heterocycles. The topological polar surface area (TPSA) is 73.9 Å². The third-order valence-electron chi connectivity index (χ3n) is 3.93. The maximum absolute atomic E-state index is 11.8. The predicted molar refractivity (Wildman–Crippen MR) is 106 cm³/mol. The number of aryl methyl sites for hydroxylation is 2. The van der Waals surface area contributed by atoms with Gasteiger partial charge < -0.3 is 15.2 Å². The van der Waals surface area contributed by atoms with Crippen molar-refractivity contribution in [2.75, 3.05) is 13.2 Å². The molecule has 3 rings (SSSR count). The highest BCUT2D eigenvalue weighted by Gasteiger charge is 2.20. The maximum atomic E-state index is 11.8. The summed E-state index contributed by atoms with van der Waals surface area (Å²) in [5.74, 6) is 1.19. The first-order valence-corrected chi connectivity index (χ1v) is 9.04. The second-order valence-corrected chi connectivity index (χ2v) is 6.91. The number of nitrogens with zero attached hydrogens (tertiary/aromatic N) is 1. The van der Waals surface area contributed by atoms with E-state index in [9.17, 15) is 4.79 Å². The van der Waals surface area contributed by atoms with Gasteiger partial charge in [-0.15, -0.1) is 0 Å². The van der Waals surface area contributed by atoms with Gasteiger partial charge in [-0.3, -0.25) is 4.79 Å². The fourth-order valence-electron chi connectivity index (χ4n) is 2.41. The van der Waals surface area contributed by atoms with Crippen molar-refractivity contribution in [2.45, 2.75) is 13.8 Å². The second kappa shape index (κ2) is 8.10. The summed E-state index contributed by atoms with van der Waals surface area (Å²) in [4.78, 5) is 16.0. The maximum Gasteiger partial charge on any atom is 0.286 e. The van der Waals surface area contributed by atoms with Crippen LogP contribution in [-0.4, -0.2) is 24.3 Å². The Labute approximate surface area is 156 Å². The van der Waals surface area contributed by atoms with E-state index in [4.69, 9.17) is 15.2 Å². The number of para-hydroxylation sites is 1. The van der Waals surface area contributed by atoms with Crippen LogP contribution in [0.4, 0.5) is 0 Å². The molecule has 0 bridgehead atoms. The smallest absolute Gasteiger partial charge is 0.286 e. The summed E-state index contributed by atoms with van der Waals surface area (Å²) in [7, 11) is 0. The standard InChI is InChI=1S/C20H20N2O3S/c1-13-7-8-16(11-14(13)2)24-9-10-25-17-6-4-3-5-15(17)12-18-19(23)22-20(21)26-18/h3-8,11-12H,9-10H2,1-2H3,(H2,21,22,23)/b18-12+. The van der Waals surface area contributed by atoms with E-state index < -0.39 is 0 Å². The van der Waals surface area contributed by atoms with Gasteiger partial charge in [0.05, 0.1) is 4.91 Å². The summed E-state index contributed by atoms with van der Waals surface area (Å²) in [6.07, 6.45) is 1.75. The minimum atomic E-state index is -0.319. The molecular weight excluding hydrogens is 348 g/mol. The van der Waals surface area contributed by atoms with Crippen molar-refractivity contribution in [3.05, 3.63) is 64.1 Å². The van der Waals surface area contributed by atoms with Crippen LogP contribution in [0.25, 0.3) is 6.08 Å². The number of amidine groups is 1. The summed E-state index contributed by atoms with van der Waals surface area (Å²) in [5.41, 5.74) is 8.82. The van der Waals surface area contributed by atoms with Gasteiger partial charge in [0.2, 0.25) is 0 Å². The Hall–Kier alpha value is -2.73. The molecule has 0 radical (unpaired) electrons. The molecule has 6 heteroatoms. The minimum absolute atomic E-state index is 0.265. The molecule has 0 saturated carbocycles. The summed E-state index contributed by atoms with van der Waals surface area (Å²) < 4.78 is 11.6. The van der Waals surface area contributed by atoms with Crippen molar-refractivity contribution in [1.82, 2.24) is 0 Å². The van der Waals surface area contributed by atoms with Crippen LogP contribution in [0.3, 0.4) is 0 Å². The third kappa shape index (κ3) is 4.46. The quantitative estimate of drug-likeness (QED) is 0.622. The van der Waals surface area contributed by atoms with E-state index in [1.807, 2.05) is 42.5 Å². The number of nitrogens with two attached hydrogens (primary N) is 1. The lowest BCUT2D eigenvalue weighted by Gasteiger charge is -2.11. The van der Waals surface area contributed by atoms with Crippen LogP contribution in [-0.2, 0) is 4.79 Å². The van der Waals surface area contributed by atoms with Gasteiger partial charge in [-0.05, 0) is 61.0 Å². The Balaban J connectivity index is 1.59. The zero-order chi connectivity index (χ0) is 18.5. The minimum Gasteiger partial charge on any atom is -0.490 e. The van der Waals surface area contributed by atoms with Crippen molar-refractivity contribution in [1.29, 1.82) is 0 Å². The molecule has 0 aromatic heterocycles. The number of carbonyl (C=O) groups is 1. The number of amides is 1. The molecule has 26 heavy (non-hydrogen) atoms. The Kier molecular flexibility index (Phi) is 5.63. The first-order valence-electron chi connectivity index (χ1n) is 8.23. The first kappa shape index (κ1) is 18.1. The summed E-state index contributed by atoms with van der Waals surface area (Å²) in [6, 6.07) is 13.5. The summed E-state index contributed by atoms with van der Waals surface area (Å²) in [6.45, 7) is 4.95. The molecule has 0 unspecified atom stereocenters. The van der Waals surface area contributed by atoms with Gasteiger partial charge in [0.15, 0.2) is 5.17 Å². The van der Waals surface area contributed by atoms with E-state index in [-0.39, 0.29) is 11.1 Å². The number of thioether (sulfide) groups is 1. The first-order chi connectivity index (χ1) is 12.5. The van der Waals surface area contributed by atoms with E-state index in [2.05, 4.69) is 18.8 Å². The number of hydrogen-bond donors (Lipinski definition) is 1. The number of ether oxygens (including phenoxy) is 2. The third-order valence-corrected chi connectivity index (χ3v) is 4.74. The number of benzene rings is 2. The Morgan fingerprint density at radius 3 is 2.58 bits per heavy atom. The highest BCUT2D eigenvalue weighted by Crippen LogP contribution is 2.29. The zero-order valence-electron chi connectivity index (χ0n) is 14.7. The molecule has 1 aliphatic rings. The molecule has 2 N–H and O–H groups in total.